The zero-order valence-electron chi connectivity index (χ0n) is 17.0. The number of amides is 1. The van der Waals surface area contributed by atoms with Crippen molar-refractivity contribution in [3.05, 3.63) is 90.0 Å². The van der Waals surface area contributed by atoms with E-state index < -0.39 is 10.0 Å². The normalized spacial score (nSPS) is 15.7. The van der Waals surface area contributed by atoms with Crippen LogP contribution in [0.4, 0.5) is 11.4 Å². The van der Waals surface area contributed by atoms with Gasteiger partial charge >= 0.3 is 0 Å². The average molecular weight is 421 g/mol. The Hall–Kier alpha value is -3.12. The molecule has 5 nitrogen and oxygen atoms in total. The van der Waals surface area contributed by atoms with Crippen molar-refractivity contribution in [1.29, 1.82) is 0 Å². The van der Waals surface area contributed by atoms with E-state index in [2.05, 4.69) is 0 Å². The summed E-state index contributed by atoms with van der Waals surface area (Å²) in [5.41, 5.74) is 3.26. The number of benzene rings is 3. The zero-order chi connectivity index (χ0) is 21.3. The van der Waals surface area contributed by atoms with Gasteiger partial charge < -0.3 is 4.90 Å². The van der Waals surface area contributed by atoms with Gasteiger partial charge in [-0.25, -0.2) is 8.42 Å². The molecule has 1 heterocycles. The molecular weight excluding hydrogens is 396 g/mol. The van der Waals surface area contributed by atoms with E-state index in [1.807, 2.05) is 50.2 Å². The standard InChI is InChI=1S/C24H24N2O3S/c1-18-10-6-8-14-22(18)25(30(28,29)21-12-4-3-5-13-21)17-24(27)26-19(2)16-20-11-7-9-15-23(20)26/h3-15,19H,16-17H2,1-2H3/t19-/m0/s1. The van der Waals surface area contributed by atoms with Crippen molar-refractivity contribution < 1.29 is 13.2 Å². The molecule has 0 radical (unpaired) electrons. The van der Waals surface area contributed by atoms with Crippen LogP contribution in [0.3, 0.4) is 0 Å². The highest BCUT2D eigenvalue weighted by Crippen LogP contribution is 2.33. The van der Waals surface area contributed by atoms with E-state index in [-0.39, 0.29) is 23.4 Å². The first-order valence-corrected chi connectivity index (χ1v) is 11.4. The van der Waals surface area contributed by atoms with Gasteiger partial charge in [0.15, 0.2) is 0 Å². The molecular formula is C24H24N2O3S. The van der Waals surface area contributed by atoms with Crippen LogP contribution >= 0.6 is 0 Å². The molecule has 1 aliphatic heterocycles. The van der Waals surface area contributed by atoms with Gasteiger partial charge in [0.2, 0.25) is 5.91 Å². The highest BCUT2D eigenvalue weighted by molar-refractivity contribution is 7.92. The maximum absolute atomic E-state index is 13.5. The highest BCUT2D eigenvalue weighted by atomic mass is 32.2. The van der Waals surface area contributed by atoms with E-state index >= 15 is 0 Å². The fraction of sp³-hybridized carbons (Fsp3) is 0.208. The summed E-state index contributed by atoms with van der Waals surface area (Å²) in [6.07, 6.45) is 0.762. The Morgan fingerprint density at radius 2 is 1.60 bits per heavy atom. The third kappa shape index (κ3) is 3.59. The van der Waals surface area contributed by atoms with E-state index in [1.165, 1.54) is 4.31 Å². The second-order valence-corrected chi connectivity index (χ2v) is 9.42. The van der Waals surface area contributed by atoms with Crippen LogP contribution in [-0.4, -0.2) is 26.9 Å². The van der Waals surface area contributed by atoms with Crippen molar-refractivity contribution in [1.82, 2.24) is 0 Å². The molecule has 1 aliphatic rings. The van der Waals surface area contributed by atoms with E-state index in [1.54, 1.807) is 47.4 Å². The van der Waals surface area contributed by atoms with Crippen molar-refractivity contribution in [2.24, 2.45) is 0 Å². The number of sulfonamides is 1. The monoisotopic (exact) mass is 420 g/mol. The molecule has 30 heavy (non-hydrogen) atoms. The summed E-state index contributed by atoms with van der Waals surface area (Å²) in [7, 11) is -3.91. The van der Waals surface area contributed by atoms with Crippen LogP contribution in [0.5, 0.6) is 0 Å². The molecule has 1 atom stereocenters. The molecule has 6 heteroatoms. The summed E-state index contributed by atoms with van der Waals surface area (Å²) in [5.74, 6) is -0.241. The second kappa shape index (κ2) is 7.95. The Labute approximate surface area is 177 Å². The van der Waals surface area contributed by atoms with Crippen molar-refractivity contribution in [2.75, 3.05) is 15.7 Å². The lowest BCUT2D eigenvalue weighted by Crippen LogP contribution is -2.45. The molecule has 0 aromatic heterocycles. The van der Waals surface area contributed by atoms with Crippen LogP contribution in [0.1, 0.15) is 18.1 Å². The maximum Gasteiger partial charge on any atom is 0.264 e. The zero-order valence-corrected chi connectivity index (χ0v) is 17.8. The molecule has 0 fully saturated rings. The van der Waals surface area contributed by atoms with Crippen LogP contribution in [-0.2, 0) is 21.2 Å². The van der Waals surface area contributed by atoms with Crippen LogP contribution in [0.25, 0.3) is 0 Å². The van der Waals surface area contributed by atoms with Gasteiger partial charge in [0, 0.05) is 11.7 Å². The summed E-state index contributed by atoms with van der Waals surface area (Å²) in [5, 5.41) is 0. The molecule has 0 bridgehead atoms. The third-order valence-electron chi connectivity index (χ3n) is 5.47. The second-order valence-electron chi connectivity index (χ2n) is 7.56. The molecule has 4 rings (SSSR count). The molecule has 1 amide bonds. The van der Waals surface area contributed by atoms with Gasteiger partial charge in [-0.1, -0.05) is 54.6 Å². The van der Waals surface area contributed by atoms with Gasteiger partial charge in [-0.2, -0.15) is 0 Å². The molecule has 0 N–H and O–H groups in total. The van der Waals surface area contributed by atoms with Crippen molar-refractivity contribution in [3.8, 4) is 0 Å². The molecule has 0 spiro atoms. The summed E-state index contributed by atoms with van der Waals surface area (Å²) in [6.45, 7) is 3.57. The van der Waals surface area contributed by atoms with Crippen LogP contribution < -0.4 is 9.21 Å². The van der Waals surface area contributed by atoms with E-state index in [4.69, 9.17) is 0 Å². The maximum atomic E-state index is 13.5. The molecule has 0 saturated heterocycles. The number of hydrogen-bond acceptors (Lipinski definition) is 3. The van der Waals surface area contributed by atoms with Crippen molar-refractivity contribution >= 4 is 27.3 Å². The molecule has 0 unspecified atom stereocenters. The molecule has 154 valence electrons. The highest BCUT2D eigenvalue weighted by Gasteiger charge is 2.35. The third-order valence-corrected chi connectivity index (χ3v) is 7.24. The van der Waals surface area contributed by atoms with Gasteiger partial charge in [-0.15, -0.1) is 0 Å². The molecule has 0 saturated carbocycles. The Balaban J connectivity index is 1.75. The number of para-hydroxylation sites is 2. The minimum Gasteiger partial charge on any atom is -0.307 e. The number of anilines is 2. The van der Waals surface area contributed by atoms with Gasteiger partial charge in [0.05, 0.1) is 10.6 Å². The van der Waals surface area contributed by atoms with Gasteiger partial charge in [-0.05, 0) is 55.7 Å². The van der Waals surface area contributed by atoms with Crippen molar-refractivity contribution in [2.45, 2.75) is 31.2 Å². The Morgan fingerprint density at radius 1 is 0.967 bits per heavy atom. The topological polar surface area (TPSA) is 57.7 Å². The number of aryl methyl sites for hydroxylation is 1. The van der Waals surface area contributed by atoms with E-state index in [0.29, 0.717) is 5.69 Å². The van der Waals surface area contributed by atoms with E-state index in [9.17, 15) is 13.2 Å². The van der Waals surface area contributed by atoms with Gasteiger partial charge in [0.1, 0.15) is 6.54 Å². The predicted octanol–water partition coefficient (Wildman–Crippen LogP) is 4.17. The van der Waals surface area contributed by atoms with Crippen LogP contribution in [0, 0.1) is 6.92 Å². The quantitative estimate of drug-likeness (QED) is 0.623. The number of rotatable bonds is 5. The summed E-state index contributed by atoms with van der Waals surface area (Å²) in [6, 6.07) is 23.2. The number of fused-ring (bicyclic) bond motifs is 1. The minimum atomic E-state index is -3.91. The first kappa shape index (κ1) is 20.2. The Bertz CT molecular complexity index is 1180. The van der Waals surface area contributed by atoms with Gasteiger partial charge in [0.25, 0.3) is 10.0 Å². The molecule has 3 aromatic rings. The molecule has 3 aromatic carbocycles. The lowest BCUT2D eigenvalue weighted by Gasteiger charge is -2.29. The summed E-state index contributed by atoms with van der Waals surface area (Å²) < 4.78 is 28.3. The first-order chi connectivity index (χ1) is 14.4. The largest absolute Gasteiger partial charge is 0.307 e. The number of hydrogen-bond donors (Lipinski definition) is 0. The first-order valence-electron chi connectivity index (χ1n) is 9.93. The SMILES string of the molecule is Cc1ccccc1N(CC(=O)N1c2ccccc2C[C@@H]1C)S(=O)(=O)c1ccccc1. The van der Waals surface area contributed by atoms with Crippen LogP contribution in [0.2, 0.25) is 0 Å². The minimum absolute atomic E-state index is 0.0203. The fourth-order valence-corrected chi connectivity index (χ4v) is 5.51. The van der Waals surface area contributed by atoms with E-state index in [0.717, 1.165) is 23.2 Å². The van der Waals surface area contributed by atoms with Crippen molar-refractivity contribution in [3.63, 3.8) is 0 Å². The predicted molar refractivity (Wildman–Crippen MR) is 119 cm³/mol. The average Bonchev–Trinajstić information content (AvgIpc) is 3.09. The lowest BCUT2D eigenvalue weighted by atomic mass is 10.1. The van der Waals surface area contributed by atoms with Crippen LogP contribution in [0.15, 0.2) is 83.8 Å². The fourth-order valence-electron chi connectivity index (χ4n) is 4.01. The molecule has 0 aliphatic carbocycles. The Kier molecular flexibility index (Phi) is 5.35. The summed E-state index contributed by atoms with van der Waals surface area (Å²) >= 11 is 0. The Morgan fingerprint density at radius 3 is 2.33 bits per heavy atom. The number of carbonyl (C=O) groups is 1. The lowest BCUT2D eigenvalue weighted by molar-refractivity contribution is -0.117. The summed E-state index contributed by atoms with van der Waals surface area (Å²) in [4.78, 5) is 15.3. The number of carbonyl (C=O) groups excluding carboxylic acids is 1. The number of nitrogens with zero attached hydrogens (tertiary/aromatic N) is 2. The van der Waals surface area contributed by atoms with Gasteiger partial charge in [-0.3, -0.25) is 9.10 Å². The smallest absolute Gasteiger partial charge is 0.264 e.